The van der Waals surface area contributed by atoms with Gasteiger partial charge in [0.15, 0.2) is 6.29 Å². The topological polar surface area (TPSA) is 46.5 Å². The summed E-state index contributed by atoms with van der Waals surface area (Å²) >= 11 is 0. The Morgan fingerprint density at radius 3 is 2.67 bits per heavy atom. The highest BCUT2D eigenvalue weighted by Gasteiger charge is 2.07. The monoisotopic (exact) mass is 202 g/mol. The molecule has 0 bridgehead atoms. The fourth-order valence-corrected chi connectivity index (χ4v) is 1.61. The molecular formula is C12H10O3. The van der Waals surface area contributed by atoms with Crippen LogP contribution in [0.2, 0.25) is 0 Å². The number of carbonyl (C=O) groups is 1. The first-order chi connectivity index (χ1) is 7.26. The maximum absolute atomic E-state index is 10.9. The zero-order chi connectivity index (χ0) is 10.8. The fourth-order valence-electron chi connectivity index (χ4n) is 1.61. The number of fused-ring (bicyclic) bond motifs is 1. The number of phenolic OH excluding ortho intramolecular Hbond substituents is 1. The Morgan fingerprint density at radius 1 is 1.27 bits per heavy atom. The van der Waals surface area contributed by atoms with Gasteiger partial charge in [-0.05, 0) is 29.0 Å². The molecule has 0 radical (unpaired) electrons. The number of rotatable bonds is 2. The summed E-state index contributed by atoms with van der Waals surface area (Å²) in [7, 11) is 1.51. The minimum absolute atomic E-state index is 0.138. The van der Waals surface area contributed by atoms with Crippen LogP contribution in [0.1, 0.15) is 10.4 Å². The summed E-state index contributed by atoms with van der Waals surface area (Å²) in [5.74, 6) is 0.655. The molecule has 1 N–H and O–H groups in total. The molecule has 0 aliphatic heterocycles. The summed E-state index contributed by atoms with van der Waals surface area (Å²) in [6.45, 7) is 0. The highest BCUT2D eigenvalue weighted by atomic mass is 16.5. The van der Waals surface area contributed by atoms with Crippen molar-refractivity contribution in [3.8, 4) is 11.5 Å². The Kier molecular flexibility index (Phi) is 2.29. The summed E-state index contributed by atoms with van der Waals surface area (Å²) in [4.78, 5) is 10.9. The Balaban J connectivity index is 2.84. The molecule has 0 fully saturated rings. The van der Waals surface area contributed by atoms with Crippen molar-refractivity contribution in [2.24, 2.45) is 0 Å². The van der Waals surface area contributed by atoms with E-state index in [1.54, 1.807) is 24.3 Å². The van der Waals surface area contributed by atoms with E-state index in [2.05, 4.69) is 0 Å². The van der Waals surface area contributed by atoms with E-state index in [1.807, 2.05) is 6.07 Å². The molecule has 15 heavy (non-hydrogen) atoms. The number of methoxy groups -OCH3 is 1. The highest BCUT2D eigenvalue weighted by Crippen LogP contribution is 2.28. The molecule has 0 unspecified atom stereocenters. The first-order valence-electron chi connectivity index (χ1n) is 4.51. The lowest BCUT2D eigenvalue weighted by atomic mass is 10.0. The minimum atomic E-state index is 0.138. The number of phenols is 1. The van der Waals surface area contributed by atoms with Crippen LogP contribution in [0.15, 0.2) is 30.3 Å². The normalized spacial score (nSPS) is 10.2. The Labute approximate surface area is 86.9 Å². The molecule has 0 saturated carbocycles. The van der Waals surface area contributed by atoms with Gasteiger partial charge in [-0.25, -0.2) is 0 Å². The van der Waals surface area contributed by atoms with Crippen LogP contribution in [0, 0.1) is 0 Å². The first kappa shape index (κ1) is 9.52. The maximum atomic E-state index is 10.9. The molecule has 2 aromatic rings. The van der Waals surface area contributed by atoms with Crippen molar-refractivity contribution in [1.82, 2.24) is 0 Å². The molecule has 76 valence electrons. The van der Waals surface area contributed by atoms with Gasteiger partial charge in [-0.1, -0.05) is 12.1 Å². The summed E-state index contributed by atoms with van der Waals surface area (Å²) in [6, 6.07) is 8.49. The molecule has 0 aromatic heterocycles. The second kappa shape index (κ2) is 3.61. The van der Waals surface area contributed by atoms with Gasteiger partial charge in [-0.2, -0.15) is 0 Å². The van der Waals surface area contributed by atoms with E-state index in [-0.39, 0.29) is 5.75 Å². The fraction of sp³-hybridized carbons (Fsp3) is 0.0833. The third-order valence-electron chi connectivity index (χ3n) is 2.34. The Morgan fingerprint density at radius 2 is 2.00 bits per heavy atom. The number of hydrogen-bond acceptors (Lipinski definition) is 3. The largest absolute Gasteiger partial charge is 0.508 e. The van der Waals surface area contributed by atoms with Gasteiger partial charge in [0.25, 0.3) is 0 Å². The number of benzene rings is 2. The van der Waals surface area contributed by atoms with Gasteiger partial charge in [0, 0.05) is 0 Å². The molecule has 0 spiro atoms. The van der Waals surface area contributed by atoms with Gasteiger partial charge in [-0.15, -0.1) is 0 Å². The smallest absolute Gasteiger partial charge is 0.154 e. The van der Waals surface area contributed by atoms with Gasteiger partial charge in [0.1, 0.15) is 11.5 Å². The molecule has 2 rings (SSSR count). The quantitative estimate of drug-likeness (QED) is 0.760. The van der Waals surface area contributed by atoms with E-state index in [9.17, 15) is 9.90 Å². The van der Waals surface area contributed by atoms with E-state index in [1.165, 1.54) is 7.11 Å². The van der Waals surface area contributed by atoms with Crippen LogP contribution in [0.5, 0.6) is 11.5 Å². The summed E-state index contributed by atoms with van der Waals surface area (Å²) in [6.07, 6.45) is 0.737. The SMILES string of the molecule is COc1ccc2ccc(O)cc2c1C=O. The van der Waals surface area contributed by atoms with E-state index in [0.29, 0.717) is 16.7 Å². The van der Waals surface area contributed by atoms with E-state index in [4.69, 9.17) is 4.74 Å². The van der Waals surface area contributed by atoms with Crippen LogP contribution in [0.3, 0.4) is 0 Å². The predicted molar refractivity (Wildman–Crippen MR) is 57.6 cm³/mol. The van der Waals surface area contributed by atoms with Crippen molar-refractivity contribution in [2.45, 2.75) is 0 Å². The highest BCUT2D eigenvalue weighted by molar-refractivity contribution is 6.01. The number of aldehydes is 1. The predicted octanol–water partition coefficient (Wildman–Crippen LogP) is 2.37. The average Bonchev–Trinajstić information content (AvgIpc) is 2.27. The molecule has 3 nitrogen and oxygen atoms in total. The molecule has 3 heteroatoms. The van der Waals surface area contributed by atoms with Crippen molar-refractivity contribution in [1.29, 1.82) is 0 Å². The van der Waals surface area contributed by atoms with Crippen molar-refractivity contribution in [3.05, 3.63) is 35.9 Å². The van der Waals surface area contributed by atoms with Crippen molar-refractivity contribution < 1.29 is 14.6 Å². The van der Waals surface area contributed by atoms with Crippen LogP contribution < -0.4 is 4.74 Å². The molecule has 0 atom stereocenters. The number of hydrogen-bond donors (Lipinski definition) is 1. The van der Waals surface area contributed by atoms with Gasteiger partial charge in [-0.3, -0.25) is 4.79 Å². The van der Waals surface area contributed by atoms with Crippen LogP contribution in [0.25, 0.3) is 10.8 Å². The zero-order valence-corrected chi connectivity index (χ0v) is 8.23. The molecule has 2 aromatic carbocycles. The van der Waals surface area contributed by atoms with Crippen LogP contribution in [-0.4, -0.2) is 18.5 Å². The first-order valence-corrected chi connectivity index (χ1v) is 4.51. The second-order valence-corrected chi connectivity index (χ2v) is 3.20. The summed E-state index contributed by atoms with van der Waals surface area (Å²) < 4.78 is 5.07. The van der Waals surface area contributed by atoms with Crippen LogP contribution in [0.4, 0.5) is 0 Å². The maximum Gasteiger partial charge on any atom is 0.154 e. The molecule has 0 aliphatic carbocycles. The molecular weight excluding hydrogens is 192 g/mol. The number of aromatic hydroxyl groups is 1. The second-order valence-electron chi connectivity index (χ2n) is 3.20. The van der Waals surface area contributed by atoms with Gasteiger partial charge < -0.3 is 9.84 Å². The molecule has 0 aliphatic rings. The third kappa shape index (κ3) is 1.52. The van der Waals surface area contributed by atoms with Gasteiger partial charge in [0.05, 0.1) is 12.7 Å². The minimum Gasteiger partial charge on any atom is -0.508 e. The third-order valence-corrected chi connectivity index (χ3v) is 2.34. The Bertz CT molecular complexity index is 518. The van der Waals surface area contributed by atoms with E-state index in [0.717, 1.165) is 11.7 Å². The molecule has 0 heterocycles. The van der Waals surface area contributed by atoms with E-state index < -0.39 is 0 Å². The average molecular weight is 202 g/mol. The summed E-state index contributed by atoms with van der Waals surface area (Å²) in [5.41, 5.74) is 0.464. The standard InChI is InChI=1S/C12H10O3/c1-15-12-5-3-8-2-4-9(14)6-10(8)11(12)7-13/h2-7,14H,1H3. The molecule has 0 amide bonds. The lowest BCUT2D eigenvalue weighted by molar-refractivity contribution is 0.112. The van der Waals surface area contributed by atoms with Gasteiger partial charge in [0.2, 0.25) is 0 Å². The summed E-state index contributed by atoms with van der Waals surface area (Å²) in [5, 5.41) is 11.0. The molecule has 0 saturated heterocycles. The lowest BCUT2D eigenvalue weighted by Crippen LogP contribution is -1.91. The number of carbonyl (C=O) groups excluding carboxylic acids is 1. The van der Waals surface area contributed by atoms with Gasteiger partial charge >= 0.3 is 0 Å². The number of ether oxygens (including phenoxy) is 1. The van der Waals surface area contributed by atoms with Crippen LogP contribution in [-0.2, 0) is 0 Å². The van der Waals surface area contributed by atoms with E-state index >= 15 is 0 Å². The van der Waals surface area contributed by atoms with Crippen LogP contribution >= 0.6 is 0 Å². The van der Waals surface area contributed by atoms with Crippen molar-refractivity contribution >= 4 is 17.1 Å². The Hall–Kier alpha value is -2.03. The van der Waals surface area contributed by atoms with Crippen molar-refractivity contribution in [2.75, 3.05) is 7.11 Å². The zero-order valence-electron chi connectivity index (χ0n) is 8.23. The lowest BCUT2D eigenvalue weighted by Gasteiger charge is -2.07. The van der Waals surface area contributed by atoms with Crippen molar-refractivity contribution in [3.63, 3.8) is 0 Å².